The van der Waals surface area contributed by atoms with Crippen molar-refractivity contribution in [1.29, 1.82) is 0 Å². The monoisotopic (exact) mass is 265 g/mol. The average Bonchev–Trinajstić information content (AvgIpc) is 2.82. The maximum absolute atomic E-state index is 11.8. The Balaban J connectivity index is 1.92. The minimum atomic E-state index is -0.727. The number of amides is 1. The molecule has 1 aromatic carbocycles. The van der Waals surface area contributed by atoms with Gasteiger partial charge in [0, 0.05) is 0 Å². The van der Waals surface area contributed by atoms with E-state index in [9.17, 15) is 4.79 Å². The predicted molar refractivity (Wildman–Crippen MR) is 65.9 cm³/mol. The van der Waals surface area contributed by atoms with Crippen LogP contribution >= 0.6 is 11.6 Å². The molecule has 2 aromatic rings. The second-order valence-corrected chi connectivity index (χ2v) is 4.16. The average molecular weight is 266 g/mol. The highest BCUT2D eigenvalue weighted by Gasteiger charge is 2.17. The van der Waals surface area contributed by atoms with Gasteiger partial charge in [0.05, 0.1) is 6.54 Å². The predicted octanol–water partition coefficient (Wildman–Crippen LogP) is 1.97. The van der Waals surface area contributed by atoms with Gasteiger partial charge in [-0.3, -0.25) is 4.79 Å². The van der Waals surface area contributed by atoms with Crippen molar-refractivity contribution < 1.29 is 9.32 Å². The van der Waals surface area contributed by atoms with Crippen molar-refractivity contribution in [2.24, 2.45) is 0 Å². The van der Waals surface area contributed by atoms with Gasteiger partial charge in [0.25, 0.3) is 0 Å². The van der Waals surface area contributed by atoms with E-state index in [1.807, 2.05) is 18.2 Å². The topological polar surface area (TPSA) is 68.0 Å². The standard InChI is InChI=1S/C12H12ClN3O2/c1-8-15-10(18-16-8)7-14-12(17)11(13)9-5-3-2-4-6-9/h2-6,11H,7H2,1H3,(H,14,17). The Morgan fingerprint density at radius 3 is 2.78 bits per heavy atom. The van der Waals surface area contributed by atoms with Crippen LogP contribution in [0.5, 0.6) is 0 Å². The molecule has 18 heavy (non-hydrogen) atoms. The van der Waals surface area contributed by atoms with Crippen molar-refractivity contribution >= 4 is 17.5 Å². The van der Waals surface area contributed by atoms with Gasteiger partial charge in [0.15, 0.2) is 5.82 Å². The largest absolute Gasteiger partial charge is 0.345 e. The van der Waals surface area contributed by atoms with Gasteiger partial charge in [-0.25, -0.2) is 0 Å². The third-order valence-electron chi connectivity index (χ3n) is 2.31. The molecule has 0 radical (unpaired) electrons. The summed E-state index contributed by atoms with van der Waals surface area (Å²) in [5.74, 6) is 0.598. The number of halogens is 1. The summed E-state index contributed by atoms with van der Waals surface area (Å²) in [5, 5.41) is 5.54. The van der Waals surface area contributed by atoms with Gasteiger partial charge in [-0.15, -0.1) is 11.6 Å². The van der Waals surface area contributed by atoms with Crippen LogP contribution in [-0.2, 0) is 11.3 Å². The molecule has 0 aliphatic heterocycles. The first-order valence-corrected chi connectivity index (χ1v) is 5.86. The molecule has 0 saturated heterocycles. The van der Waals surface area contributed by atoms with Gasteiger partial charge in [-0.1, -0.05) is 35.5 Å². The normalized spacial score (nSPS) is 12.1. The molecule has 2 rings (SSSR count). The van der Waals surface area contributed by atoms with Crippen LogP contribution in [0.3, 0.4) is 0 Å². The lowest BCUT2D eigenvalue weighted by Gasteiger charge is -2.09. The summed E-state index contributed by atoms with van der Waals surface area (Å²) in [6.45, 7) is 1.89. The summed E-state index contributed by atoms with van der Waals surface area (Å²) < 4.78 is 4.88. The number of aromatic nitrogens is 2. The van der Waals surface area contributed by atoms with Crippen LogP contribution in [0.25, 0.3) is 0 Å². The Morgan fingerprint density at radius 2 is 2.17 bits per heavy atom. The molecule has 0 fully saturated rings. The Kier molecular flexibility index (Phi) is 3.94. The van der Waals surface area contributed by atoms with E-state index in [1.165, 1.54) is 0 Å². The fourth-order valence-corrected chi connectivity index (χ4v) is 1.66. The molecule has 94 valence electrons. The van der Waals surface area contributed by atoms with Gasteiger partial charge in [-0.2, -0.15) is 4.98 Å². The third-order valence-corrected chi connectivity index (χ3v) is 2.76. The van der Waals surface area contributed by atoms with E-state index in [1.54, 1.807) is 19.1 Å². The first-order valence-electron chi connectivity index (χ1n) is 5.43. The van der Waals surface area contributed by atoms with E-state index in [0.717, 1.165) is 5.56 Å². The number of carbonyl (C=O) groups excluding carboxylic acids is 1. The molecule has 1 atom stereocenters. The minimum absolute atomic E-state index is 0.176. The molecular formula is C12H12ClN3O2. The van der Waals surface area contributed by atoms with Gasteiger partial charge < -0.3 is 9.84 Å². The van der Waals surface area contributed by atoms with Crippen LogP contribution in [0, 0.1) is 6.92 Å². The molecule has 1 unspecified atom stereocenters. The van der Waals surface area contributed by atoms with Gasteiger partial charge in [0.1, 0.15) is 5.38 Å². The molecule has 1 aromatic heterocycles. The molecule has 0 aliphatic rings. The van der Waals surface area contributed by atoms with E-state index in [0.29, 0.717) is 11.7 Å². The second-order valence-electron chi connectivity index (χ2n) is 3.73. The number of hydrogen-bond donors (Lipinski definition) is 1. The Labute approximate surface area is 109 Å². The number of benzene rings is 1. The van der Waals surface area contributed by atoms with Crippen molar-refractivity contribution in [3.63, 3.8) is 0 Å². The lowest BCUT2D eigenvalue weighted by Crippen LogP contribution is -2.26. The van der Waals surface area contributed by atoms with Crippen molar-refractivity contribution in [3.05, 3.63) is 47.6 Å². The van der Waals surface area contributed by atoms with Crippen LogP contribution in [0.4, 0.5) is 0 Å². The summed E-state index contributed by atoms with van der Waals surface area (Å²) in [5.41, 5.74) is 0.748. The summed E-state index contributed by atoms with van der Waals surface area (Å²) in [6.07, 6.45) is 0. The van der Waals surface area contributed by atoms with Gasteiger partial charge >= 0.3 is 0 Å². The lowest BCUT2D eigenvalue weighted by molar-refractivity contribution is -0.121. The fourth-order valence-electron chi connectivity index (χ4n) is 1.44. The van der Waals surface area contributed by atoms with Crippen LogP contribution in [0.1, 0.15) is 22.7 Å². The van der Waals surface area contributed by atoms with Crippen molar-refractivity contribution in [3.8, 4) is 0 Å². The maximum atomic E-state index is 11.8. The first kappa shape index (κ1) is 12.6. The first-order chi connectivity index (χ1) is 8.66. The third kappa shape index (κ3) is 3.07. The van der Waals surface area contributed by atoms with Gasteiger partial charge in [0.2, 0.25) is 11.8 Å². The van der Waals surface area contributed by atoms with Crippen LogP contribution in [0.15, 0.2) is 34.9 Å². The SMILES string of the molecule is Cc1noc(CNC(=O)C(Cl)c2ccccc2)n1. The molecular weight excluding hydrogens is 254 g/mol. The lowest BCUT2D eigenvalue weighted by atomic mass is 10.1. The summed E-state index contributed by atoms with van der Waals surface area (Å²) in [6, 6.07) is 9.13. The number of carbonyl (C=O) groups is 1. The van der Waals surface area contributed by atoms with Crippen molar-refractivity contribution in [1.82, 2.24) is 15.5 Å². The Bertz CT molecular complexity index is 527. The molecule has 0 bridgehead atoms. The van der Waals surface area contributed by atoms with E-state index >= 15 is 0 Å². The minimum Gasteiger partial charge on any atom is -0.345 e. The number of nitrogens with one attached hydrogen (secondary N) is 1. The van der Waals surface area contributed by atoms with Crippen LogP contribution in [0.2, 0.25) is 0 Å². The number of aryl methyl sites for hydroxylation is 1. The van der Waals surface area contributed by atoms with Gasteiger partial charge in [-0.05, 0) is 12.5 Å². The van der Waals surface area contributed by atoms with Crippen molar-refractivity contribution in [2.75, 3.05) is 0 Å². The Morgan fingerprint density at radius 1 is 1.44 bits per heavy atom. The zero-order chi connectivity index (χ0) is 13.0. The molecule has 1 N–H and O–H groups in total. The smallest absolute Gasteiger partial charge is 0.246 e. The highest BCUT2D eigenvalue weighted by atomic mass is 35.5. The number of nitrogens with zero attached hydrogens (tertiary/aromatic N) is 2. The molecule has 0 aliphatic carbocycles. The number of alkyl halides is 1. The summed E-state index contributed by atoms with van der Waals surface area (Å²) in [4.78, 5) is 15.8. The second kappa shape index (κ2) is 5.64. The van der Waals surface area contributed by atoms with Crippen LogP contribution in [-0.4, -0.2) is 16.0 Å². The molecule has 6 heteroatoms. The van der Waals surface area contributed by atoms with E-state index < -0.39 is 5.38 Å². The summed E-state index contributed by atoms with van der Waals surface area (Å²) in [7, 11) is 0. The molecule has 0 spiro atoms. The zero-order valence-corrected chi connectivity index (χ0v) is 10.5. The Hall–Kier alpha value is -1.88. The number of rotatable bonds is 4. The highest BCUT2D eigenvalue weighted by molar-refractivity contribution is 6.30. The summed E-state index contributed by atoms with van der Waals surface area (Å²) >= 11 is 6.05. The molecule has 1 amide bonds. The molecule has 0 saturated carbocycles. The number of hydrogen-bond acceptors (Lipinski definition) is 4. The van der Waals surface area contributed by atoms with E-state index in [2.05, 4.69) is 15.5 Å². The molecule has 1 heterocycles. The van der Waals surface area contributed by atoms with Crippen molar-refractivity contribution in [2.45, 2.75) is 18.8 Å². The highest BCUT2D eigenvalue weighted by Crippen LogP contribution is 2.19. The molecule has 5 nitrogen and oxygen atoms in total. The quantitative estimate of drug-likeness (QED) is 0.859. The fraction of sp³-hybridized carbons (Fsp3) is 0.250. The maximum Gasteiger partial charge on any atom is 0.246 e. The van der Waals surface area contributed by atoms with E-state index in [4.69, 9.17) is 16.1 Å². The van der Waals surface area contributed by atoms with E-state index in [-0.39, 0.29) is 12.5 Å². The van der Waals surface area contributed by atoms with Crippen LogP contribution < -0.4 is 5.32 Å². The zero-order valence-electron chi connectivity index (χ0n) is 9.76.